The second-order valence-corrected chi connectivity index (χ2v) is 1.83. The molecule has 1 N–H and O–H groups in total. The van der Waals surface area contributed by atoms with Gasteiger partial charge < -0.3 is 19.3 Å². The third-order valence-electron chi connectivity index (χ3n) is 0.986. The van der Waals surface area contributed by atoms with Crippen molar-refractivity contribution in [2.45, 2.75) is 6.10 Å². The molecule has 0 rings (SSSR count). The number of aliphatic hydroxyl groups excluding tert-OH is 1. The van der Waals surface area contributed by atoms with Crippen molar-refractivity contribution in [3.63, 3.8) is 0 Å². The van der Waals surface area contributed by atoms with Gasteiger partial charge in [-0.2, -0.15) is 0 Å². The van der Waals surface area contributed by atoms with Crippen molar-refractivity contribution in [3.05, 3.63) is 0 Å². The fraction of sp³-hybridized carbons (Fsp3) is 0.833. The average Bonchev–Trinajstić information content (AvgIpc) is 2.03. The predicted molar refractivity (Wildman–Crippen MR) is 36.2 cm³/mol. The minimum Gasteiger partial charge on any atom is -0.438 e. The van der Waals surface area contributed by atoms with Crippen molar-refractivity contribution in [2.75, 3.05) is 27.4 Å². The van der Waals surface area contributed by atoms with Crippen molar-refractivity contribution < 1.29 is 24.1 Å². The number of methoxy groups -OCH3 is 2. The number of rotatable bonds is 4. The smallest absolute Gasteiger partial charge is 0.438 e. The molecule has 0 aliphatic heterocycles. The highest BCUT2D eigenvalue weighted by molar-refractivity contribution is 5.59. The van der Waals surface area contributed by atoms with Gasteiger partial charge in [0.25, 0.3) is 0 Å². The van der Waals surface area contributed by atoms with E-state index in [4.69, 9.17) is 5.11 Å². The van der Waals surface area contributed by atoms with Gasteiger partial charge in [-0.3, -0.25) is 0 Å². The van der Waals surface area contributed by atoms with Crippen LogP contribution in [0.25, 0.3) is 0 Å². The molecular weight excluding hydrogens is 152 g/mol. The highest BCUT2D eigenvalue weighted by atomic mass is 16.7. The monoisotopic (exact) mass is 164 g/mol. The Bertz CT molecular complexity index is 114. The van der Waals surface area contributed by atoms with Gasteiger partial charge in [-0.25, -0.2) is 4.79 Å². The van der Waals surface area contributed by atoms with Gasteiger partial charge >= 0.3 is 6.16 Å². The summed E-state index contributed by atoms with van der Waals surface area (Å²) < 4.78 is 13.4. The second-order valence-electron chi connectivity index (χ2n) is 1.83. The first-order valence-corrected chi connectivity index (χ1v) is 3.09. The summed E-state index contributed by atoms with van der Waals surface area (Å²) >= 11 is 0. The van der Waals surface area contributed by atoms with Crippen LogP contribution in [0.15, 0.2) is 0 Å². The van der Waals surface area contributed by atoms with Gasteiger partial charge in [-0.05, 0) is 0 Å². The Hall–Kier alpha value is -0.810. The van der Waals surface area contributed by atoms with Crippen LogP contribution in [-0.2, 0) is 14.2 Å². The van der Waals surface area contributed by atoms with E-state index in [0.29, 0.717) is 0 Å². The molecule has 0 bridgehead atoms. The van der Waals surface area contributed by atoms with E-state index >= 15 is 0 Å². The Balaban J connectivity index is 3.58. The van der Waals surface area contributed by atoms with E-state index in [0.717, 1.165) is 0 Å². The van der Waals surface area contributed by atoms with Crippen molar-refractivity contribution >= 4 is 6.16 Å². The standard InChI is InChI=1S/C6H12O5/c1-9-4-5(3-7)11-6(8)10-2/h5,7H,3-4H2,1-2H3. The van der Waals surface area contributed by atoms with E-state index in [-0.39, 0.29) is 13.2 Å². The molecule has 0 radical (unpaired) electrons. The summed E-state index contributed by atoms with van der Waals surface area (Å²) in [6, 6.07) is 0. The molecule has 0 aliphatic rings. The molecule has 1 unspecified atom stereocenters. The molecule has 0 aliphatic carbocycles. The minimum atomic E-state index is -0.818. The maximum Gasteiger partial charge on any atom is 0.508 e. The molecule has 0 spiro atoms. The fourth-order valence-electron chi connectivity index (χ4n) is 0.494. The molecule has 0 amide bonds. The van der Waals surface area contributed by atoms with E-state index in [1.807, 2.05) is 0 Å². The first kappa shape index (κ1) is 10.2. The van der Waals surface area contributed by atoms with Gasteiger partial charge in [0.15, 0.2) is 6.10 Å². The second kappa shape index (κ2) is 5.94. The third kappa shape index (κ3) is 4.58. The molecule has 5 heteroatoms. The van der Waals surface area contributed by atoms with Crippen LogP contribution in [-0.4, -0.2) is 44.8 Å². The zero-order valence-corrected chi connectivity index (χ0v) is 6.57. The normalized spacial score (nSPS) is 12.3. The van der Waals surface area contributed by atoms with E-state index in [1.165, 1.54) is 14.2 Å². The van der Waals surface area contributed by atoms with Crippen molar-refractivity contribution in [1.82, 2.24) is 0 Å². The van der Waals surface area contributed by atoms with E-state index < -0.39 is 12.3 Å². The molecule has 0 fully saturated rings. The van der Waals surface area contributed by atoms with Gasteiger partial charge in [-0.1, -0.05) is 0 Å². The van der Waals surface area contributed by atoms with Crippen LogP contribution in [0.5, 0.6) is 0 Å². The Kier molecular flexibility index (Phi) is 5.50. The van der Waals surface area contributed by atoms with Crippen LogP contribution < -0.4 is 0 Å². The molecule has 0 saturated heterocycles. The summed E-state index contributed by atoms with van der Waals surface area (Å²) in [4.78, 5) is 10.4. The van der Waals surface area contributed by atoms with E-state index in [2.05, 4.69) is 14.2 Å². The largest absolute Gasteiger partial charge is 0.508 e. The molecular formula is C6H12O5. The Morgan fingerprint density at radius 2 is 2.18 bits per heavy atom. The summed E-state index contributed by atoms with van der Waals surface area (Å²) in [5, 5.41) is 8.59. The summed E-state index contributed by atoms with van der Waals surface area (Å²) in [7, 11) is 2.65. The molecule has 0 heterocycles. The Labute approximate surface area is 64.9 Å². The van der Waals surface area contributed by atoms with E-state index in [9.17, 15) is 4.79 Å². The lowest BCUT2D eigenvalue weighted by atomic mass is 10.4. The highest BCUT2D eigenvalue weighted by Crippen LogP contribution is 1.93. The van der Waals surface area contributed by atoms with Crippen molar-refractivity contribution in [2.24, 2.45) is 0 Å². The molecule has 0 saturated carbocycles. The maximum atomic E-state index is 10.4. The molecule has 5 nitrogen and oxygen atoms in total. The van der Waals surface area contributed by atoms with Gasteiger partial charge in [0, 0.05) is 7.11 Å². The average molecular weight is 164 g/mol. The summed E-state index contributed by atoms with van der Waals surface area (Å²) in [6.07, 6.45) is -1.46. The summed E-state index contributed by atoms with van der Waals surface area (Å²) in [6.45, 7) is -0.117. The SMILES string of the molecule is COCC(CO)OC(=O)OC. The van der Waals surface area contributed by atoms with Gasteiger partial charge in [0.05, 0.1) is 20.3 Å². The predicted octanol–water partition coefficient (Wildman–Crippen LogP) is -0.223. The number of carbonyl (C=O) groups excluding carboxylic acids is 1. The summed E-state index contributed by atoms with van der Waals surface area (Å²) in [5.74, 6) is 0. The number of carbonyl (C=O) groups is 1. The molecule has 0 aromatic heterocycles. The molecule has 66 valence electrons. The van der Waals surface area contributed by atoms with Crippen LogP contribution in [0, 0.1) is 0 Å². The van der Waals surface area contributed by atoms with Crippen molar-refractivity contribution in [1.29, 1.82) is 0 Å². The lowest BCUT2D eigenvalue weighted by Crippen LogP contribution is -2.26. The van der Waals surface area contributed by atoms with Gasteiger partial charge in [0.1, 0.15) is 0 Å². The van der Waals surface area contributed by atoms with Gasteiger partial charge in [0.2, 0.25) is 0 Å². The minimum absolute atomic E-state index is 0.158. The third-order valence-corrected chi connectivity index (χ3v) is 0.986. The maximum absolute atomic E-state index is 10.4. The van der Waals surface area contributed by atoms with Crippen LogP contribution in [0.3, 0.4) is 0 Å². The van der Waals surface area contributed by atoms with Crippen LogP contribution >= 0.6 is 0 Å². The lowest BCUT2D eigenvalue weighted by molar-refractivity contribution is -0.0204. The molecule has 0 aromatic rings. The highest BCUT2D eigenvalue weighted by Gasteiger charge is 2.12. The number of ether oxygens (including phenoxy) is 3. The topological polar surface area (TPSA) is 65.0 Å². The van der Waals surface area contributed by atoms with Crippen LogP contribution in [0.1, 0.15) is 0 Å². The molecule has 1 atom stereocenters. The summed E-state index contributed by atoms with van der Waals surface area (Å²) in [5.41, 5.74) is 0. The zero-order chi connectivity index (χ0) is 8.69. The fourth-order valence-corrected chi connectivity index (χ4v) is 0.494. The number of hydrogen-bond donors (Lipinski definition) is 1. The quantitative estimate of drug-likeness (QED) is 0.582. The molecule has 0 aromatic carbocycles. The lowest BCUT2D eigenvalue weighted by Gasteiger charge is -2.12. The Morgan fingerprint density at radius 3 is 2.55 bits per heavy atom. The number of hydrogen-bond acceptors (Lipinski definition) is 5. The number of aliphatic hydroxyl groups is 1. The Morgan fingerprint density at radius 1 is 1.55 bits per heavy atom. The van der Waals surface area contributed by atoms with Crippen molar-refractivity contribution in [3.8, 4) is 0 Å². The van der Waals surface area contributed by atoms with Gasteiger partial charge in [-0.15, -0.1) is 0 Å². The molecule has 11 heavy (non-hydrogen) atoms. The van der Waals surface area contributed by atoms with E-state index in [1.54, 1.807) is 0 Å². The first-order valence-electron chi connectivity index (χ1n) is 3.09. The van der Waals surface area contributed by atoms with Crippen LogP contribution in [0.2, 0.25) is 0 Å². The van der Waals surface area contributed by atoms with Crippen LogP contribution in [0.4, 0.5) is 4.79 Å². The first-order chi connectivity index (χ1) is 5.24. The zero-order valence-electron chi connectivity index (χ0n) is 6.57.